The summed E-state index contributed by atoms with van der Waals surface area (Å²) in [6, 6.07) is 37.1. The molecule has 12 aromatic rings. The van der Waals surface area contributed by atoms with Crippen molar-refractivity contribution in [2.24, 2.45) is 0 Å². The highest BCUT2D eigenvalue weighted by Gasteiger charge is 2.51. The number of benzene rings is 3. The summed E-state index contributed by atoms with van der Waals surface area (Å²) >= 11 is 44.7. The zero-order valence-electron chi connectivity index (χ0n) is 55.9. The predicted octanol–water partition coefficient (Wildman–Crippen LogP) is 21.4. The fraction of sp³-hybridized carbons (Fsp3) is 0.200. The summed E-state index contributed by atoms with van der Waals surface area (Å²) in [5, 5.41) is 15.4. The largest absolute Gasteiger partial charge is 0.419 e. The van der Waals surface area contributed by atoms with Crippen LogP contribution in [-0.2, 0) is 51.2 Å². The Morgan fingerprint density at radius 3 is 1.54 bits per heavy atom. The molecule has 0 unspecified atom stereocenters. The van der Waals surface area contributed by atoms with Gasteiger partial charge in [-0.3, -0.25) is 28.9 Å². The lowest BCUT2D eigenvalue weighted by Gasteiger charge is -2.30. The number of imide groups is 1. The number of thioether (sulfide) groups is 2. The number of halogens is 6. The molecule has 0 bridgehead atoms. The number of ether oxygens (including phenoxy) is 2. The van der Waals surface area contributed by atoms with Crippen LogP contribution in [0.15, 0.2) is 192 Å². The molecule has 9 aromatic heterocycles. The van der Waals surface area contributed by atoms with Crippen LogP contribution >= 0.6 is 171 Å². The Morgan fingerprint density at radius 2 is 1.08 bits per heavy atom. The van der Waals surface area contributed by atoms with E-state index in [0.29, 0.717) is 25.5 Å². The summed E-state index contributed by atoms with van der Waals surface area (Å²) in [5.41, 5.74) is 10.7. The van der Waals surface area contributed by atoms with Crippen LogP contribution in [0.25, 0.3) is 40.9 Å². The second kappa shape index (κ2) is 36.9. The molecule has 103 heavy (non-hydrogen) atoms. The zero-order chi connectivity index (χ0) is 75.3. The maximum absolute atomic E-state index is 11.9. The summed E-state index contributed by atoms with van der Waals surface area (Å²) in [7, 11) is -4.23. The lowest BCUT2D eigenvalue weighted by Crippen LogP contribution is -2.42. The number of aromatic nitrogens is 4. The quantitative estimate of drug-likeness (QED) is 0.0125. The number of fused-ring (bicyclic) bond motifs is 4. The van der Waals surface area contributed by atoms with E-state index in [4.69, 9.17) is 60.8 Å². The van der Waals surface area contributed by atoms with Gasteiger partial charge in [0.05, 0.1) is 60.0 Å². The zero-order valence-corrected chi connectivity index (χ0v) is 69.5. The van der Waals surface area contributed by atoms with Crippen molar-refractivity contribution in [3.8, 4) is 0 Å². The van der Waals surface area contributed by atoms with Gasteiger partial charge in [-0.25, -0.2) is 18.8 Å². The first kappa shape index (κ1) is 82.6. The first-order valence-electron chi connectivity index (χ1n) is 30.3. The summed E-state index contributed by atoms with van der Waals surface area (Å²) in [5.74, 6) is -0.390. The van der Waals surface area contributed by atoms with Gasteiger partial charge in [-0.05, 0) is 109 Å². The SMILES string of the molecule is CC(Nc1cscc1Br)=C1C(=O)OC(C)(C)OC1=O.CC1(C)C(=O)N(Cl)C(=O)N1Cl.Cc1cc(=O)c2scc(Br)c2[nH]1.Cc1cc(=O)c2scc(SCc3ccccc3)c2[nH]1.Cc1cc(Cl)c2scc(S(=O)(=O)O)c2n1.Cc1cc(Cl)c2scc(SCc3ccccc3)c2n1.SCc1ccccc1. The van der Waals surface area contributed by atoms with Crippen LogP contribution < -0.4 is 16.2 Å². The Bertz CT molecular complexity index is 5300. The number of urea groups is 1. The first-order valence-corrected chi connectivity index (χ1v) is 41.8. The van der Waals surface area contributed by atoms with Crippen molar-refractivity contribution in [2.75, 3.05) is 5.32 Å². The number of nitrogens with zero attached hydrogens (tertiary/aromatic N) is 4. The second-order valence-corrected chi connectivity index (χ2v) is 34.3. The Kier molecular flexibility index (Phi) is 29.6. The number of thiol groups is 1. The van der Waals surface area contributed by atoms with E-state index in [1.54, 1.807) is 55.1 Å². The third-order valence-electron chi connectivity index (χ3n) is 14.1. The van der Waals surface area contributed by atoms with Crippen LogP contribution in [0.2, 0.25) is 10.0 Å². The van der Waals surface area contributed by atoms with Crippen LogP contribution in [-0.4, -0.2) is 76.9 Å². The Balaban J connectivity index is 0.000000155. The molecule has 14 rings (SSSR count). The van der Waals surface area contributed by atoms with Crippen molar-refractivity contribution < 1.29 is 41.6 Å². The molecule has 2 aliphatic rings. The second-order valence-electron chi connectivity index (χ2n) is 23.1. The fourth-order valence-electron chi connectivity index (χ4n) is 9.17. The molecule has 0 aliphatic carbocycles. The van der Waals surface area contributed by atoms with Crippen molar-refractivity contribution in [2.45, 2.75) is 106 Å². The standard InChI is InChI=1S/C15H12ClNS2.C15H13NOS2.C12H12BrNO4S.C8H6BrNOS.C8H6ClNO3S2.C7H8S.C5H6Cl2N2O2/c1-10-7-12(16)15-14(17-10)13(9-19-15)18-8-11-5-3-2-4-6-11;1-10-7-12(17)15-14(16-10)13(9-19-15)18-8-11-5-3-2-4-6-11;1-6(14-8-5-19-4-7(8)13)9-10(15)17-12(2,3)18-11(9)16;1-4-2-6(11)8-7(10-4)5(9)3-12-8;1-4-2-5(9)8-7(10-4)6(3-14-8)15(11,12)13;8-6-7-4-2-1-3-5-7;1-5(2)3(10)8(6)4(11)9(5)7/h2-7,9H,8H2,1H3;2-7,9H,8H2,1H3,(H,16,17);4-5,14H,1-3H3;2-3H,1H3,(H,10,11);2-3H,1H3,(H,11,12,13);1-5,8H,6H2;1-2H3. The monoisotopic (exact) mass is 1760 g/mol. The number of thiophene rings is 5. The molecule has 0 radical (unpaired) electrons. The molecule has 18 nitrogen and oxygen atoms in total. The van der Waals surface area contributed by atoms with Gasteiger partial charge in [0.1, 0.15) is 16.0 Å². The van der Waals surface area contributed by atoms with Gasteiger partial charge >= 0.3 is 18.0 Å². The van der Waals surface area contributed by atoms with E-state index in [2.05, 4.69) is 129 Å². The van der Waals surface area contributed by atoms with Gasteiger partial charge in [0, 0.05) is 137 Å². The number of H-pyrrole nitrogens is 2. The number of aromatic amines is 2. The molecule has 0 spiro atoms. The molecule has 0 atom stereocenters. The number of amides is 3. The van der Waals surface area contributed by atoms with Crippen LogP contribution in [0.3, 0.4) is 0 Å². The molecular weight excluding hydrogens is 1710 g/mol. The molecular formula is C70H63Br2Cl4N7O11S9. The van der Waals surface area contributed by atoms with E-state index in [1.165, 1.54) is 88.7 Å². The molecule has 2 fully saturated rings. The van der Waals surface area contributed by atoms with Gasteiger partial charge in [-0.1, -0.05) is 114 Å². The molecule has 2 saturated heterocycles. The average Bonchev–Trinajstić information content (AvgIpc) is 1.66. The van der Waals surface area contributed by atoms with Crippen molar-refractivity contribution in [1.29, 1.82) is 0 Å². The minimum atomic E-state index is -4.23. The van der Waals surface area contributed by atoms with Gasteiger partial charge in [0.15, 0.2) is 16.4 Å². The van der Waals surface area contributed by atoms with E-state index in [9.17, 15) is 37.2 Å². The Labute approximate surface area is 664 Å². The van der Waals surface area contributed by atoms with E-state index in [1.807, 2.05) is 97.2 Å². The van der Waals surface area contributed by atoms with E-state index < -0.39 is 45.3 Å². The number of anilines is 1. The van der Waals surface area contributed by atoms with Gasteiger partial charge in [0.2, 0.25) is 0 Å². The summed E-state index contributed by atoms with van der Waals surface area (Å²) in [6.07, 6.45) is 0. The van der Waals surface area contributed by atoms with Crippen LogP contribution in [0.1, 0.15) is 74.1 Å². The minimum Gasteiger partial charge on any atom is -0.419 e. The normalized spacial score (nSPS) is 13.6. The van der Waals surface area contributed by atoms with Gasteiger partial charge in [-0.15, -0.1) is 80.2 Å². The molecule has 3 aromatic carbocycles. The number of nitrogens with one attached hydrogen (secondary N) is 3. The van der Waals surface area contributed by atoms with Crippen molar-refractivity contribution in [3.05, 3.63) is 238 Å². The fourth-order valence-corrected chi connectivity index (χ4v) is 19.4. The minimum absolute atomic E-state index is 0.0944. The van der Waals surface area contributed by atoms with Crippen LogP contribution in [0.5, 0.6) is 0 Å². The van der Waals surface area contributed by atoms with E-state index >= 15 is 0 Å². The number of esters is 2. The lowest BCUT2D eigenvalue weighted by atomic mass is 10.1. The highest BCUT2D eigenvalue weighted by atomic mass is 79.9. The van der Waals surface area contributed by atoms with Crippen LogP contribution in [0, 0.1) is 27.7 Å². The van der Waals surface area contributed by atoms with E-state index in [0.717, 1.165) is 105 Å². The predicted molar refractivity (Wildman–Crippen MR) is 436 cm³/mol. The summed E-state index contributed by atoms with van der Waals surface area (Å²) in [6.45, 7) is 15.2. The number of pyridine rings is 4. The maximum Gasteiger partial charge on any atom is 0.357 e. The lowest BCUT2D eigenvalue weighted by molar-refractivity contribution is -0.222. The number of carbonyl (C=O) groups excluding carboxylic acids is 4. The van der Waals surface area contributed by atoms with Crippen molar-refractivity contribution in [3.63, 3.8) is 0 Å². The number of aryl methyl sites for hydroxylation is 4. The molecule has 0 saturated carbocycles. The average molecular weight is 1770 g/mol. The number of hydrogen-bond donors (Lipinski definition) is 5. The van der Waals surface area contributed by atoms with Gasteiger partial charge < -0.3 is 24.8 Å². The molecule has 33 heteroatoms. The number of carbonyl (C=O) groups is 4. The van der Waals surface area contributed by atoms with Gasteiger partial charge in [-0.2, -0.15) is 25.5 Å². The number of cyclic esters (lactones) is 2. The van der Waals surface area contributed by atoms with Crippen molar-refractivity contribution in [1.82, 2.24) is 28.8 Å². The summed E-state index contributed by atoms with van der Waals surface area (Å²) < 4.78 is 47.4. The Hall–Kier alpha value is -6.10. The molecule has 11 heterocycles. The maximum atomic E-state index is 11.9. The van der Waals surface area contributed by atoms with Gasteiger partial charge in [0.25, 0.3) is 21.8 Å². The highest BCUT2D eigenvalue weighted by Crippen LogP contribution is 2.39. The topological polar surface area (TPSA) is 251 Å². The first-order chi connectivity index (χ1) is 48.7. The third kappa shape index (κ3) is 22.0. The smallest absolute Gasteiger partial charge is 0.357 e. The number of allylic oxidation sites excluding steroid dienone is 1. The number of hydrogen-bond acceptors (Lipinski definition) is 21. The van der Waals surface area contributed by atoms with E-state index in [-0.39, 0.29) is 26.8 Å². The Morgan fingerprint density at radius 1 is 0.621 bits per heavy atom. The highest BCUT2D eigenvalue weighted by molar-refractivity contribution is 9.11. The van der Waals surface area contributed by atoms with Crippen molar-refractivity contribution >= 4 is 252 Å². The third-order valence-corrected chi connectivity index (χ3v) is 26.3. The summed E-state index contributed by atoms with van der Waals surface area (Å²) in [4.78, 5) is 86.2. The molecule has 2 aliphatic heterocycles. The molecule has 4 N–H and O–H groups in total. The number of rotatable bonds is 10. The van der Waals surface area contributed by atoms with Crippen LogP contribution in [0.4, 0.5) is 10.5 Å². The molecule has 3 amide bonds. The molecule has 540 valence electrons.